The highest BCUT2D eigenvalue weighted by atomic mass is 16.7. The summed E-state index contributed by atoms with van der Waals surface area (Å²) >= 11 is 0. The summed E-state index contributed by atoms with van der Waals surface area (Å²) in [6, 6.07) is 0. The first-order valence-electron chi connectivity index (χ1n) is 9.91. The SMILES string of the molecule is C/C1=C/[C@H]2OC(=O)[C@@]3(C)C2[C@H](C[C@@]2(C)OC1=CC2=O)O[C@]3(O)[C@@](C)(O)CC(C)O. The van der Waals surface area contributed by atoms with Gasteiger partial charge in [0.05, 0.1) is 12.2 Å². The summed E-state index contributed by atoms with van der Waals surface area (Å²) in [6.45, 7) is 7.73. The van der Waals surface area contributed by atoms with Crippen molar-refractivity contribution in [3.05, 3.63) is 23.5 Å². The molecule has 0 aliphatic carbocycles. The summed E-state index contributed by atoms with van der Waals surface area (Å²) in [5, 5.41) is 32.6. The van der Waals surface area contributed by atoms with Crippen LogP contribution in [0.5, 0.6) is 0 Å². The van der Waals surface area contributed by atoms with E-state index in [4.69, 9.17) is 14.2 Å². The third-order valence-corrected chi connectivity index (χ3v) is 7.05. The Bertz CT molecular complexity index is 842. The normalized spacial score (nSPS) is 48.2. The smallest absolute Gasteiger partial charge is 0.318 e. The lowest BCUT2D eigenvalue weighted by Crippen LogP contribution is -2.63. The molecule has 0 aromatic heterocycles. The van der Waals surface area contributed by atoms with Crippen LogP contribution >= 0.6 is 0 Å². The van der Waals surface area contributed by atoms with E-state index in [-0.39, 0.29) is 18.6 Å². The highest BCUT2D eigenvalue weighted by Gasteiger charge is 2.78. The molecule has 0 radical (unpaired) electrons. The van der Waals surface area contributed by atoms with Crippen LogP contribution in [0, 0.1) is 11.3 Å². The Balaban J connectivity index is 1.86. The van der Waals surface area contributed by atoms with E-state index < -0.39 is 52.6 Å². The average molecular weight is 408 g/mol. The van der Waals surface area contributed by atoms with E-state index in [2.05, 4.69) is 0 Å². The van der Waals surface area contributed by atoms with Crippen molar-refractivity contribution in [2.45, 2.75) is 82.8 Å². The molecule has 4 aliphatic rings. The van der Waals surface area contributed by atoms with Crippen LogP contribution < -0.4 is 0 Å². The predicted octanol–water partition coefficient (Wildman–Crippen LogP) is 0.735. The van der Waals surface area contributed by atoms with Gasteiger partial charge < -0.3 is 29.5 Å². The Hall–Kier alpha value is -1.74. The van der Waals surface area contributed by atoms with Crippen molar-refractivity contribution in [1.82, 2.24) is 0 Å². The fraction of sp³-hybridized carbons (Fsp3) is 0.714. The number of ketones is 1. The van der Waals surface area contributed by atoms with Crippen LogP contribution in [0.15, 0.2) is 23.5 Å². The number of carbonyl (C=O) groups is 2. The lowest BCUT2D eigenvalue weighted by molar-refractivity contribution is -0.323. The summed E-state index contributed by atoms with van der Waals surface area (Å²) in [5.74, 6) is -3.46. The average Bonchev–Trinajstić information content (AvgIpc) is 3.09. The van der Waals surface area contributed by atoms with Crippen molar-refractivity contribution in [1.29, 1.82) is 0 Å². The lowest BCUT2D eigenvalue weighted by atomic mass is 9.64. The van der Waals surface area contributed by atoms with Crippen LogP contribution in [0.4, 0.5) is 0 Å². The van der Waals surface area contributed by atoms with E-state index in [9.17, 15) is 24.9 Å². The summed E-state index contributed by atoms with van der Waals surface area (Å²) in [4.78, 5) is 25.7. The zero-order valence-electron chi connectivity index (χ0n) is 17.3. The number of carbonyl (C=O) groups excluding carboxylic acids is 2. The summed E-state index contributed by atoms with van der Waals surface area (Å²) in [7, 11) is 0. The third-order valence-electron chi connectivity index (χ3n) is 7.05. The number of esters is 1. The fourth-order valence-corrected chi connectivity index (χ4v) is 5.50. The van der Waals surface area contributed by atoms with Gasteiger partial charge in [0, 0.05) is 24.8 Å². The largest absolute Gasteiger partial charge is 0.479 e. The van der Waals surface area contributed by atoms with E-state index in [1.807, 2.05) is 0 Å². The van der Waals surface area contributed by atoms with Crippen LogP contribution in [-0.4, -0.2) is 62.4 Å². The monoisotopic (exact) mass is 408 g/mol. The van der Waals surface area contributed by atoms with E-state index in [0.717, 1.165) is 0 Å². The number of hydrogen-bond donors (Lipinski definition) is 3. The molecule has 8 nitrogen and oxygen atoms in total. The topological polar surface area (TPSA) is 123 Å². The highest BCUT2D eigenvalue weighted by Crippen LogP contribution is 2.62. The molecule has 2 saturated heterocycles. The Morgan fingerprint density at radius 1 is 1.34 bits per heavy atom. The maximum Gasteiger partial charge on any atom is 0.318 e. The van der Waals surface area contributed by atoms with E-state index in [1.165, 1.54) is 26.8 Å². The Morgan fingerprint density at radius 3 is 2.62 bits per heavy atom. The number of aliphatic hydroxyl groups is 3. The van der Waals surface area contributed by atoms with Gasteiger partial charge in [-0.1, -0.05) is 0 Å². The van der Waals surface area contributed by atoms with Gasteiger partial charge in [-0.05, 0) is 46.3 Å². The number of fused-ring (bicyclic) bond motifs is 2. The standard InChI is InChI=1S/C21H28O8/c1-10-6-13-16-14(9-18(3)15(23)7-12(10)28-18)29-21(26,19(4,25)8-11(2)22)20(16,5)17(24)27-13/h6-7,11,13-14,16,22,25-26H,8-9H2,1-5H3/b10-6-/t11?,13-,14+,16?,18-,19+,20-,21-/m1/s1. The van der Waals surface area contributed by atoms with Crippen molar-refractivity contribution in [3.63, 3.8) is 0 Å². The number of allylic oxidation sites excluding steroid dienone is 1. The molecular formula is C21H28O8. The van der Waals surface area contributed by atoms with Gasteiger partial charge >= 0.3 is 5.97 Å². The molecule has 160 valence electrons. The minimum Gasteiger partial charge on any atom is -0.479 e. The minimum atomic E-state index is -2.33. The lowest BCUT2D eigenvalue weighted by Gasteiger charge is -2.45. The summed E-state index contributed by atoms with van der Waals surface area (Å²) in [5.41, 5.74) is -4.12. The maximum absolute atomic E-state index is 13.0. The molecule has 4 rings (SSSR count). The zero-order valence-corrected chi connectivity index (χ0v) is 17.3. The summed E-state index contributed by atoms with van der Waals surface area (Å²) in [6.07, 6.45) is 0.527. The molecule has 8 atom stereocenters. The molecule has 0 aromatic rings. The zero-order chi connectivity index (χ0) is 21.6. The van der Waals surface area contributed by atoms with Crippen LogP contribution in [0.25, 0.3) is 0 Å². The van der Waals surface area contributed by atoms with Gasteiger partial charge in [-0.2, -0.15) is 0 Å². The molecule has 29 heavy (non-hydrogen) atoms. The van der Waals surface area contributed by atoms with Gasteiger partial charge in [-0.15, -0.1) is 0 Å². The van der Waals surface area contributed by atoms with Gasteiger partial charge in [-0.25, -0.2) is 0 Å². The predicted molar refractivity (Wildman–Crippen MR) is 99.2 cm³/mol. The van der Waals surface area contributed by atoms with Gasteiger partial charge in [0.15, 0.2) is 5.60 Å². The van der Waals surface area contributed by atoms with Gasteiger partial charge in [0.1, 0.15) is 22.9 Å². The van der Waals surface area contributed by atoms with Crippen molar-refractivity contribution < 1.29 is 39.1 Å². The minimum absolute atomic E-state index is 0.0768. The Kier molecular flexibility index (Phi) is 4.18. The first kappa shape index (κ1) is 20.5. The third kappa shape index (κ3) is 2.52. The highest BCUT2D eigenvalue weighted by molar-refractivity contribution is 6.00. The van der Waals surface area contributed by atoms with Crippen LogP contribution in [0.3, 0.4) is 0 Å². The second kappa shape index (κ2) is 5.91. The van der Waals surface area contributed by atoms with Gasteiger partial charge in [-0.3, -0.25) is 9.59 Å². The van der Waals surface area contributed by atoms with E-state index in [1.54, 1.807) is 19.9 Å². The molecule has 4 aliphatic heterocycles. The van der Waals surface area contributed by atoms with Crippen LogP contribution in [0.1, 0.15) is 47.5 Å². The first-order chi connectivity index (χ1) is 13.2. The van der Waals surface area contributed by atoms with Crippen LogP contribution in [0.2, 0.25) is 0 Å². The number of aliphatic hydroxyl groups excluding tert-OH is 1. The molecule has 0 spiro atoms. The number of rotatable bonds is 3. The molecule has 3 N–H and O–H groups in total. The van der Waals surface area contributed by atoms with Crippen molar-refractivity contribution >= 4 is 11.8 Å². The van der Waals surface area contributed by atoms with Gasteiger partial charge in [0.2, 0.25) is 11.6 Å². The van der Waals surface area contributed by atoms with Crippen molar-refractivity contribution in [2.24, 2.45) is 11.3 Å². The molecule has 2 unspecified atom stereocenters. The number of hydrogen-bond acceptors (Lipinski definition) is 8. The second-order valence-corrected chi connectivity index (χ2v) is 9.48. The Labute approximate surface area is 169 Å². The van der Waals surface area contributed by atoms with E-state index >= 15 is 0 Å². The molecule has 2 fully saturated rings. The summed E-state index contributed by atoms with van der Waals surface area (Å²) < 4.78 is 17.6. The van der Waals surface area contributed by atoms with Crippen molar-refractivity contribution in [3.8, 4) is 0 Å². The molecule has 4 heterocycles. The molecule has 0 saturated carbocycles. The maximum atomic E-state index is 13.0. The van der Waals surface area contributed by atoms with Crippen molar-refractivity contribution in [2.75, 3.05) is 0 Å². The molecular weight excluding hydrogens is 380 g/mol. The molecule has 0 aromatic carbocycles. The fourth-order valence-electron chi connectivity index (χ4n) is 5.50. The number of ether oxygens (including phenoxy) is 3. The van der Waals surface area contributed by atoms with E-state index in [0.29, 0.717) is 11.3 Å². The quantitative estimate of drug-likeness (QED) is 0.585. The second-order valence-electron chi connectivity index (χ2n) is 9.48. The Morgan fingerprint density at radius 2 is 2.00 bits per heavy atom. The molecule has 2 bridgehead atoms. The molecule has 0 amide bonds. The van der Waals surface area contributed by atoms with Gasteiger partial charge in [0.25, 0.3) is 0 Å². The first-order valence-corrected chi connectivity index (χ1v) is 9.91. The van der Waals surface area contributed by atoms with Crippen LogP contribution in [-0.2, 0) is 23.8 Å². The molecule has 8 heteroatoms.